The van der Waals surface area contributed by atoms with Gasteiger partial charge in [-0.25, -0.2) is 9.98 Å². The lowest BCUT2D eigenvalue weighted by Gasteiger charge is -2.37. The second kappa shape index (κ2) is 10.7. The Kier molecular flexibility index (Phi) is 7.19. The number of piperazine rings is 1. The Morgan fingerprint density at radius 2 is 2.03 bits per heavy atom. The van der Waals surface area contributed by atoms with Crippen LogP contribution in [0.15, 0.2) is 36.0 Å². The van der Waals surface area contributed by atoms with Crippen molar-refractivity contribution < 1.29 is 9.53 Å². The van der Waals surface area contributed by atoms with Gasteiger partial charge in [0, 0.05) is 56.9 Å². The largest absolute Gasteiger partial charge is 0.377 e. The molecule has 3 aliphatic rings. The summed E-state index contributed by atoms with van der Waals surface area (Å²) in [5.74, 6) is 1.88. The van der Waals surface area contributed by atoms with Gasteiger partial charge in [0.1, 0.15) is 11.9 Å². The van der Waals surface area contributed by atoms with E-state index in [2.05, 4.69) is 40.4 Å². The van der Waals surface area contributed by atoms with Gasteiger partial charge in [-0.15, -0.1) is 6.58 Å². The summed E-state index contributed by atoms with van der Waals surface area (Å²) in [6, 6.07) is 4.35. The van der Waals surface area contributed by atoms with Crippen molar-refractivity contribution >= 4 is 29.8 Å². The molecular weight excluding hydrogens is 466 g/mol. The molecule has 0 radical (unpaired) electrons. The summed E-state index contributed by atoms with van der Waals surface area (Å²) in [5, 5.41) is 14.5. The molecule has 0 spiro atoms. The van der Waals surface area contributed by atoms with Crippen molar-refractivity contribution in [3.63, 3.8) is 0 Å². The lowest BCUT2D eigenvalue weighted by molar-refractivity contribution is -0.139. The molecule has 1 amide bonds. The SMILES string of the molecule is C=CC/C=C(/c1cc(C#N)c(N2CCN(C(=O)CC3CCO3)CC2)nc1C1CC1)c1cnn(C)c1N=C. The molecule has 9 heteroatoms. The van der Waals surface area contributed by atoms with Gasteiger partial charge in [0.05, 0.1) is 30.0 Å². The van der Waals surface area contributed by atoms with Crippen molar-refractivity contribution in [1.82, 2.24) is 19.7 Å². The van der Waals surface area contributed by atoms with Crippen LogP contribution in [-0.4, -0.2) is 71.2 Å². The Morgan fingerprint density at radius 1 is 1.27 bits per heavy atom. The van der Waals surface area contributed by atoms with Crippen molar-refractivity contribution in [2.24, 2.45) is 12.0 Å². The van der Waals surface area contributed by atoms with Gasteiger partial charge in [0.15, 0.2) is 5.82 Å². The predicted octanol–water partition coefficient (Wildman–Crippen LogP) is 3.73. The molecule has 0 aromatic carbocycles. The summed E-state index contributed by atoms with van der Waals surface area (Å²) in [6.07, 6.45) is 10.0. The maximum absolute atomic E-state index is 12.6. The van der Waals surface area contributed by atoms with E-state index in [-0.39, 0.29) is 12.0 Å². The zero-order valence-corrected chi connectivity index (χ0v) is 21.4. The zero-order valence-electron chi connectivity index (χ0n) is 21.4. The molecule has 1 atom stereocenters. The third kappa shape index (κ3) is 5.07. The number of pyridine rings is 1. The predicted molar refractivity (Wildman–Crippen MR) is 143 cm³/mol. The fraction of sp³-hybridized carbons (Fsp3) is 0.464. The average molecular weight is 500 g/mol. The van der Waals surface area contributed by atoms with E-state index >= 15 is 0 Å². The molecule has 1 unspecified atom stereocenters. The van der Waals surface area contributed by atoms with Crippen LogP contribution in [0.5, 0.6) is 0 Å². The number of allylic oxidation sites excluding steroid dienone is 2. The number of aromatic nitrogens is 3. The Morgan fingerprint density at radius 3 is 2.62 bits per heavy atom. The molecule has 192 valence electrons. The molecule has 0 bridgehead atoms. The van der Waals surface area contributed by atoms with E-state index in [4.69, 9.17) is 9.72 Å². The highest BCUT2D eigenvalue weighted by Gasteiger charge is 2.33. The second-order valence-electron chi connectivity index (χ2n) is 9.84. The number of aryl methyl sites for hydroxylation is 1. The van der Waals surface area contributed by atoms with Gasteiger partial charge in [0.2, 0.25) is 5.91 Å². The molecular formula is C28H33N7O2. The molecule has 2 aromatic rings. The molecule has 4 heterocycles. The number of amides is 1. The minimum absolute atomic E-state index is 0.0750. The number of carbonyl (C=O) groups excluding carboxylic acids is 1. The highest BCUT2D eigenvalue weighted by Crippen LogP contribution is 2.45. The first-order valence-corrected chi connectivity index (χ1v) is 12.9. The molecule has 2 saturated heterocycles. The van der Waals surface area contributed by atoms with E-state index < -0.39 is 0 Å². The summed E-state index contributed by atoms with van der Waals surface area (Å²) in [6.45, 7) is 10.9. The number of rotatable bonds is 9. The minimum Gasteiger partial charge on any atom is -0.377 e. The van der Waals surface area contributed by atoms with Crippen LogP contribution < -0.4 is 4.90 Å². The molecule has 1 aliphatic carbocycles. The van der Waals surface area contributed by atoms with Gasteiger partial charge in [0.25, 0.3) is 0 Å². The van der Waals surface area contributed by atoms with E-state index in [1.807, 2.05) is 24.1 Å². The first-order chi connectivity index (χ1) is 18.0. The fourth-order valence-corrected chi connectivity index (χ4v) is 5.04. The molecule has 0 N–H and O–H groups in total. The van der Waals surface area contributed by atoms with E-state index in [1.54, 1.807) is 10.9 Å². The summed E-state index contributed by atoms with van der Waals surface area (Å²) >= 11 is 0. The minimum atomic E-state index is 0.0750. The van der Waals surface area contributed by atoms with Gasteiger partial charge in [-0.1, -0.05) is 12.2 Å². The van der Waals surface area contributed by atoms with Gasteiger partial charge < -0.3 is 14.5 Å². The van der Waals surface area contributed by atoms with Crippen molar-refractivity contribution in [2.45, 2.75) is 44.1 Å². The van der Waals surface area contributed by atoms with Crippen LogP contribution in [0.4, 0.5) is 11.6 Å². The lowest BCUT2D eigenvalue weighted by Crippen LogP contribution is -2.50. The standard InChI is InChI=1S/C28H33N7O2/c1-4-5-6-22(24-18-31-33(3)28(24)30-2)23-15-20(17-29)27(32-26(23)19-7-8-19)35-12-10-34(11-13-35)25(36)16-21-9-14-37-21/h4,6,15,18-19,21H,1-2,5,7-14,16H2,3H3/b22-6-. The third-order valence-corrected chi connectivity index (χ3v) is 7.37. The van der Waals surface area contributed by atoms with Gasteiger partial charge >= 0.3 is 0 Å². The number of hydrogen-bond donors (Lipinski definition) is 0. The fourth-order valence-electron chi connectivity index (χ4n) is 5.04. The van der Waals surface area contributed by atoms with Crippen molar-refractivity contribution in [3.05, 3.63) is 53.4 Å². The van der Waals surface area contributed by atoms with E-state index in [1.165, 1.54) is 0 Å². The van der Waals surface area contributed by atoms with Crippen LogP contribution in [0.25, 0.3) is 5.57 Å². The quantitative estimate of drug-likeness (QED) is 0.385. The Hall–Kier alpha value is -3.77. The Bertz CT molecular complexity index is 1270. The summed E-state index contributed by atoms with van der Waals surface area (Å²) in [4.78, 5) is 26.0. The zero-order chi connectivity index (χ0) is 25.9. The molecule has 2 aromatic heterocycles. The number of aliphatic imine (C=N–C) groups is 1. The van der Waals surface area contributed by atoms with E-state index in [0.717, 1.165) is 48.3 Å². The molecule has 9 nitrogen and oxygen atoms in total. The number of anilines is 1. The van der Waals surface area contributed by atoms with Crippen LogP contribution >= 0.6 is 0 Å². The van der Waals surface area contributed by atoms with Gasteiger partial charge in [-0.05, 0) is 44.0 Å². The highest BCUT2D eigenvalue weighted by molar-refractivity contribution is 5.87. The van der Waals surface area contributed by atoms with Crippen LogP contribution in [0.2, 0.25) is 0 Å². The summed E-state index contributed by atoms with van der Waals surface area (Å²) in [5.41, 5.74) is 4.29. The number of ether oxygens (including phenoxy) is 1. The van der Waals surface area contributed by atoms with Gasteiger partial charge in [-0.2, -0.15) is 10.4 Å². The average Bonchev–Trinajstić information content (AvgIpc) is 3.68. The van der Waals surface area contributed by atoms with Crippen LogP contribution in [-0.2, 0) is 16.6 Å². The smallest absolute Gasteiger partial charge is 0.225 e. The van der Waals surface area contributed by atoms with Crippen molar-refractivity contribution in [2.75, 3.05) is 37.7 Å². The lowest BCUT2D eigenvalue weighted by atomic mass is 9.93. The van der Waals surface area contributed by atoms with Gasteiger partial charge in [-0.3, -0.25) is 9.48 Å². The summed E-state index contributed by atoms with van der Waals surface area (Å²) < 4.78 is 7.13. The molecule has 5 rings (SSSR count). The van der Waals surface area contributed by atoms with E-state index in [0.29, 0.717) is 62.1 Å². The first kappa shape index (κ1) is 24.9. The van der Waals surface area contributed by atoms with Crippen LogP contribution in [0.3, 0.4) is 0 Å². The van der Waals surface area contributed by atoms with Crippen LogP contribution in [0.1, 0.15) is 60.4 Å². The monoisotopic (exact) mass is 499 g/mol. The van der Waals surface area contributed by atoms with Crippen molar-refractivity contribution in [3.8, 4) is 6.07 Å². The Labute approximate surface area is 217 Å². The van der Waals surface area contributed by atoms with Crippen LogP contribution in [0, 0.1) is 11.3 Å². The Balaban J connectivity index is 1.46. The summed E-state index contributed by atoms with van der Waals surface area (Å²) in [7, 11) is 1.84. The number of nitriles is 1. The molecule has 37 heavy (non-hydrogen) atoms. The second-order valence-corrected chi connectivity index (χ2v) is 9.84. The molecule has 2 aliphatic heterocycles. The maximum Gasteiger partial charge on any atom is 0.225 e. The molecule has 3 fully saturated rings. The number of hydrogen-bond acceptors (Lipinski definition) is 7. The van der Waals surface area contributed by atoms with E-state index in [9.17, 15) is 10.1 Å². The van der Waals surface area contributed by atoms with Crippen molar-refractivity contribution in [1.29, 1.82) is 5.26 Å². The third-order valence-electron chi connectivity index (χ3n) is 7.37. The molecule has 1 saturated carbocycles. The number of carbonyl (C=O) groups is 1. The first-order valence-electron chi connectivity index (χ1n) is 12.9. The topological polar surface area (TPSA) is 99.6 Å². The maximum atomic E-state index is 12.6. The number of nitrogens with zero attached hydrogens (tertiary/aromatic N) is 7. The normalized spacial score (nSPS) is 19.8. The highest BCUT2D eigenvalue weighted by atomic mass is 16.5.